The Labute approximate surface area is 146 Å². The molecule has 3 rings (SSSR count). The molecule has 2 aromatic heterocycles. The summed E-state index contributed by atoms with van der Waals surface area (Å²) in [6.45, 7) is 9.38. The second kappa shape index (κ2) is 7.18. The lowest BCUT2D eigenvalue weighted by molar-refractivity contribution is -0.0586. The van der Waals surface area contributed by atoms with Crippen molar-refractivity contribution in [1.82, 2.24) is 24.9 Å². The number of morpholine rings is 1. The molecule has 134 valence electrons. The van der Waals surface area contributed by atoms with Gasteiger partial charge in [0.1, 0.15) is 0 Å². The summed E-state index contributed by atoms with van der Waals surface area (Å²) in [6, 6.07) is 3.50. The van der Waals surface area contributed by atoms with Gasteiger partial charge in [0.15, 0.2) is 5.82 Å². The highest BCUT2D eigenvalue weighted by atomic mass is 16.5. The van der Waals surface area contributed by atoms with Gasteiger partial charge >= 0.3 is 0 Å². The Balaban J connectivity index is 1.82. The molecule has 1 aliphatic heterocycles. The van der Waals surface area contributed by atoms with Crippen LogP contribution in [0.2, 0.25) is 0 Å². The second-order valence-corrected chi connectivity index (χ2v) is 6.19. The van der Waals surface area contributed by atoms with Crippen LogP contribution in [0.3, 0.4) is 0 Å². The van der Waals surface area contributed by atoms with Crippen molar-refractivity contribution in [1.29, 1.82) is 0 Å². The standard InChI is InChI=1S/C17H23N5O3/c1-5-24-16-7-6-15(19-20-16)22-13(4)14(8-18-22)17(23)21-9-11(2)25-12(3)10-21/h6-8,11-12H,5,9-10H2,1-4H3/t11-,12-/m1/s1. The molecule has 0 N–H and O–H groups in total. The maximum absolute atomic E-state index is 12.9. The fraction of sp³-hybridized carbons (Fsp3) is 0.529. The van der Waals surface area contributed by atoms with Gasteiger partial charge in [-0.3, -0.25) is 4.79 Å². The fourth-order valence-electron chi connectivity index (χ4n) is 3.02. The molecule has 2 atom stereocenters. The Bertz CT molecular complexity index is 733. The van der Waals surface area contributed by atoms with Gasteiger partial charge in [-0.1, -0.05) is 0 Å². The van der Waals surface area contributed by atoms with E-state index in [1.807, 2.05) is 32.6 Å². The quantitative estimate of drug-likeness (QED) is 0.837. The largest absolute Gasteiger partial charge is 0.477 e. The Morgan fingerprint density at radius 2 is 2.00 bits per heavy atom. The second-order valence-electron chi connectivity index (χ2n) is 6.19. The van der Waals surface area contributed by atoms with E-state index in [-0.39, 0.29) is 18.1 Å². The summed E-state index contributed by atoms with van der Waals surface area (Å²) in [6.07, 6.45) is 1.64. The number of amides is 1. The van der Waals surface area contributed by atoms with Gasteiger partial charge in [-0.05, 0) is 33.8 Å². The van der Waals surface area contributed by atoms with E-state index >= 15 is 0 Å². The average molecular weight is 345 g/mol. The molecule has 1 amide bonds. The monoisotopic (exact) mass is 345 g/mol. The van der Waals surface area contributed by atoms with E-state index in [1.165, 1.54) is 0 Å². The highest BCUT2D eigenvalue weighted by Crippen LogP contribution is 2.18. The third kappa shape index (κ3) is 3.63. The number of nitrogens with zero attached hydrogens (tertiary/aromatic N) is 5. The van der Waals surface area contributed by atoms with Gasteiger partial charge in [0.05, 0.1) is 36.3 Å². The predicted octanol–water partition coefficient (Wildman–Crippen LogP) is 1.62. The summed E-state index contributed by atoms with van der Waals surface area (Å²) in [5.41, 5.74) is 1.30. The molecule has 8 heteroatoms. The molecule has 1 aliphatic rings. The molecule has 3 heterocycles. The summed E-state index contributed by atoms with van der Waals surface area (Å²) in [5, 5.41) is 12.4. The maximum Gasteiger partial charge on any atom is 0.257 e. The third-order valence-corrected chi connectivity index (χ3v) is 4.08. The first-order chi connectivity index (χ1) is 12.0. The van der Waals surface area contributed by atoms with Crippen molar-refractivity contribution in [3.63, 3.8) is 0 Å². The van der Waals surface area contributed by atoms with Gasteiger partial charge in [0.2, 0.25) is 5.88 Å². The van der Waals surface area contributed by atoms with Crippen LogP contribution >= 0.6 is 0 Å². The number of carbonyl (C=O) groups is 1. The molecule has 0 radical (unpaired) electrons. The summed E-state index contributed by atoms with van der Waals surface area (Å²) in [7, 11) is 0. The maximum atomic E-state index is 12.9. The lowest BCUT2D eigenvalue weighted by Crippen LogP contribution is -2.48. The van der Waals surface area contributed by atoms with Crippen molar-refractivity contribution in [2.45, 2.75) is 39.9 Å². The average Bonchev–Trinajstić information content (AvgIpc) is 2.96. The minimum atomic E-state index is -0.0374. The van der Waals surface area contributed by atoms with Crippen LogP contribution < -0.4 is 4.74 Å². The highest BCUT2D eigenvalue weighted by Gasteiger charge is 2.28. The molecule has 1 fully saturated rings. The molecule has 8 nitrogen and oxygen atoms in total. The molecule has 0 aliphatic carbocycles. The van der Waals surface area contributed by atoms with Crippen LogP contribution in [0.4, 0.5) is 0 Å². The summed E-state index contributed by atoms with van der Waals surface area (Å²) < 4.78 is 12.6. The SMILES string of the molecule is CCOc1ccc(-n2ncc(C(=O)N3C[C@@H](C)O[C@H](C)C3)c2C)nn1. The topological polar surface area (TPSA) is 82.4 Å². The van der Waals surface area contributed by atoms with E-state index in [9.17, 15) is 4.79 Å². The van der Waals surface area contributed by atoms with Crippen molar-refractivity contribution in [2.75, 3.05) is 19.7 Å². The van der Waals surface area contributed by atoms with Gasteiger partial charge in [0, 0.05) is 19.2 Å². The van der Waals surface area contributed by atoms with Gasteiger partial charge in [-0.25, -0.2) is 4.68 Å². The van der Waals surface area contributed by atoms with Crippen LogP contribution in [0.5, 0.6) is 5.88 Å². The predicted molar refractivity (Wildman–Crippen MR) is 91.0 cm³/mol. The molecular weight excluding hydrogens is 322 g/mol. The number of hydrogen-bond donors (Lipinski definition) is 0. The highest BCUT2D eigenvalue weighted by molar-refractivity contribution is 5.95. The molecule has 25 heavy (non-hydrogen) atoms. The molecule has 0 saturated carbocycles. The Morgan fingerprint density at radius 3 is 2.60 bits per heavy atom. The van der Waals surface area contributed by atoms with Gasteiger partial charge in [-0.2, -0.15) is 5.10 Å². The first-order valence-corrected chi connectivity index (χ1v) is 8.45. The van der Waals surface area contributed by atoms with E-state index in [2.05, 4.69) is 15.3 Å². The van der Waals surface area contributed by atoms with E-state index in [0.29, 0.717) is 37.0 Å². The minimum Gasteiger partial charge on any atom is -0.477 e. The number of aromatic nitrogens is 4. The number of ether oxygens (including phenoxy) is 2. The van der Waals surface area contributed by atoms with Gasteiger partial charge < -0.3 is 14.4 Å². The molecular formula is C17H23N5O3. The molecule has 2 aromatic rings. The first kappa shape index (κ1) is 17.3. The van der Waals surface area contributed by atoms with Crippen LogP contribution in [0.25, 0.3) is 5.82 Å². The number of hydrogen-bond acceptors (Lipinski definition) is 6. The zero-order valence-corrected chi connectivity index (χ0v) is 15.0. The number of carbonyl (C=O) groups excluding carboxylic acids is 1. The zero-order chi connectivity index (χ0) is 18.0. The normalized spacial score (nSPS) is 20.6. The van der Waals surface area contributed by atoms with Gasteiger partial charge in [0.25, 0.3) is 5.91 Å². The van der Waals surface area contributed by atoms with Crippen molar-refractivity contribution < 1.29 is 14.3 Å². The summed E-state index contributed by atoms with van der Waals surface area (Å²) in [4.78, 5) is 14.7. The summed E-state index contributed by atoms with van der Waals surface area (Å²) in [5.74, 6) is 0.969. The summed E-state index contributed by atoms with van der Waals surface area (Å²) >= 11 is 0. The first-order valence-electron chi connectivity index (χ1n) is 8.45. The lowest BCUT2D eigenvalue weighted by Gasteiger charge is -2.35. The third-order valence-electron chi connectivity index (χ3n) is 4.08. The van der Waals surface area contributed by atoms with Crippen LogP contribution in [0, 0.1) is 6.92 Å². The minimum absolute atomic E-state index is 0.0278. The fourth-order valence-corrected chi connectivity index (χ4v) is 3.02. The van der Waals surface area contributed by atoms with Gasteiger partial charge in [-0.15, -0.1) is 10.2 Å². The number of rotatable bonds is 4. The van der Waals surface area contributed by atoms with Crippen molar-refractivity contribution >= 4 is 5.91 Å². The zero-order valence-electron chi connectivity index (χ0n) is 15.0. The van der Waals surface area contributed by atoms with E-state index in [4.69, 9.17) is 9.47 Å². The molecule has 0 unspecified atom stereocenters. The van der Waals surface area contributed by atoms with Crippen molar-refractivity contribution in [3.05, 3.63) is 29.6 Å². The van der Waals surface area contributed by atoms with Crippen LogP contribution in [0.15, 0.2) is 18.3 Å². The van der Waals surface area contributed by atoms with Crippen LogP contribution in [-0.2, 0) is 4.74 Å². The Kier molecular flexibility index (Phi) is 4.98. The van der Waals surface area contributed by atoms with E-state index in [0.717, 1.165) is 5.69 Å². The Morgan fingerprint density at radius 1 is 1.28 bits per heavy atom. The van der Waals surface area contributed by atoms with Crippen molar-refractivity contribution in [2.24, 2.45) is 0 Å². The van der Waals surface area contributed by atoms with Crippen LogP contribution in [-0.4, -0.2) is 62.7 Å². The molecule has 1 saturated heterocycles. The molecule has 0 spiro atoms. The lowest BCUT2D eigenvalue weighted by atomic mass is 10.1. The molecule has 0 bridgehead atoms. The van der Waals surface area contributed by atoms with E-state index < -0.39 is 0 Å². The van der Waals surface area contributed by atoms with E-state index in [1.54, 1.807) is 23.0 Å². The van der Waals surface area contributed by atoms with Crippen LogP contribution in [0.1, 0.15) is 36.8 Å². The smallest absolute Gasteiger partial charge is 0.257 e. The Hall–Kier alpha value is -2.48. The van der Waals surface area contributed by atoms with Crippen molar-refractivity contribution in [3.8, 4) is 11.7 Å². The molecule has 0 aromatic carbocycles.